The van der Waals surface area contributed by atoms with Gasteiger partial charge in [0.05, 0.1) is 5.69 Å². The first-order valence-corrected chi connectivity index (χ1v) is 13.0. The number of hydrogen-bond acceptors (Lipinski definition) is 6. The van der Waals surface area contributed by atoms with Crippen molar-refractivity contribution < 1.29 is 13.2 Å². The van der Waals surface area contributed by atoms with Gasteiger partial charge < -0.3 is 4.90 Å². The first-order valence-electron chi connectivity index (χ1n) is 9.82. The number of amides is 1. The van der Waals surface area contributed by atoms with Crippen LogP contribution in [0, 0.1) is 6.92 Å². The summed E-state index contributed by atoms with van der Waals surface area (Å²) >= 11 is 2.61. The number of thiazole rings is 1. The summed E-state index contributed by atoms with van der Waals surface area (Å²) in [5, 5.41) is 2.56. The van der Waals surface area contributed by atoms with E-state index in [2.05, 4.69) is 4.98 Å². The van der Waals surface area contributed by atoms with Crippen molar-refractivity contribution in [2.75, 3.05) is 26.2 Å². The number of carbonyl (C=O) groups excluding carboxylic acids is 1. The van der Waals surface area contributed by atoms with Crippen molar-refractivity contribution in [3.63, 3.8) is 0 Å². The van der Waals surface area contributed by atoms with Gasteiger partial charge in [-0.2, -0.15) is 4.31 Å². The van der Waals surface area contributed by atoms with Crippen LogP contribution >= 0.6 is 22.7 Å². The van der Waals surface area contributed by atoms with Crippen molar-refractivity contribution in [1.29, 1.82) is 0 Å². The molecule has 28 heavy (non-hydrogen) atoms. The van der Waals surface area contributed by atoms with Crippen LogP contribution in [-0.2, 0) is 10.0 Å². The molecule has 0 atom stereocenters. The number of likely N-dealkylation sites (tertiary alicyclic amines) is 1. The van der Waals surface area contributed by atoms with Gasteiger partial charge in [-0.25, -0.2) is 13.4 Å². The molecule has 0 saturated carbocycles. The fraction of sp³-hybridized carbons (Fsp3) is 0.579. The van der Waals surface area contributed by atoms with Crippen LogP contribution in [0.4, 0.5) is 0 Å². The van der Waals surface area contributed by atoms with Gasteiger partial charge in [0.1, 0.15) is 14.1 Å². The normalized spacial score (nSPS) is 19.1. The highest BCUT2D eigenvalue weighted by Crippen LogP contribution is 2.35. The summed E-state index contributed by atoms with van der Waals surface area (Å²) < 4.78 is 28.0. The Morgan fingerprint density at radius 3 is 2.36 bits per heavy atom. The van der Waals surface area contributed by atoms with E-state index in [9.17, 15) is 13.2 Å². The summed E-state index contributed by atoms with van der Waals surface area (Å²) in [7, 11) is -3.45. The Morgan fingerprint density at radius 1 is 1.04 bits per heavy atom. The molecule has 2 aliphatic heterocycles. The van der Waals surface area contributed by atoms with Gasteiger partial charge in [-0.15, -0.1) is 22.7 Å². The summed E-state index contributed by atoms with van der Waals surface area (Å²) in [5.74, 6) is 0.0476. The molecule has 1 amide bonds. The lowest BCUT2D eigenvalue weighted by atomic mass is 10.2. The topological polar surface area (TPSA) is 70.6 Å². The maximum atomic E-state index is 13.0. The first kappa shape index (κ1) is 20.0. The molecular weight excluding hydrogens is 414 g/mol. The monoisotopic (exact) mass is 439 g/mol. The second-order valence-electron chi connectivity index (χ2n) is 7.41. The van der Waals surface area contributed by atoms with Crippen molar-refractivity contribution in [3.8, 4) is 10.6 Å². The van der Waals surface area contributed by atoms with Gasteiger partial charge in [0.25, 0.3) is 15.9 Å². The van der Waals surface area contributed by atoms with Gasteiger partial charge in [0.2, 0.25) is 0 Å². The predicted octanol–water partition coefficient (Wildman–Crippen LogP) is 3.98. The molecule has 0 spiro atoms. The molecule has 152 valence electrons. The minimum absolute atomic E-state index is 0.0476. The molecule has 0 aliphatic carbocycles. The van der Waals surface area contributed by atoms with Gasteiger partial charge >= 0.3 is 0 Å². The Balaban J connectivity index is 1.57. The highest BCUT2D eigenvalue weighted by Gasteiger charge is 2.28. The van der Waals surface area contributed by atoms with Crippen molar-refractivity contribution in [3.05, 3.63) is 22.0 Å². The molecule has 0 N–H and O–H groups in total. The van der Waals surface area contributed by atoms with Crippen LogP contribution in [0.1, 0.15) is 53.9 Å². The fourth-order valence-electron chi connectivity index (χ4n) is 3.76. The molecule has 9 heteroatoms. The number of sulfonamides is 1. The zero-order chi connectivity index (χ0) is 19.7. The van der Waals surface area contributed by atoms with Crippen molar-refractivity contribution >= 4 is 38.6 Å². The molecule has 2 aromatic rings. The van der Waals surface area contributed by atoms with E-state index in [1.165, 1.54) is 22.7 Å². The van der Waals surface area contributed by atoms with Crippen molar-refractivity contribution in [2.45, 2.75) is 49.7 Å². The molecule has 4 rings (SSSR count). The molecular formula is C19H25N3O3S3. The predicted molar refractivity (Wildman–Crippen MR) is 113 cm³/mol. The minimum atomic E-state index is -3.45. The number of rotatable bonds is 4. The standard InChI is InChI=1S/C19H25N3O3S3/c1-14-17(19(23)21-8-6-7-9-21)27-18(20-14)15-12-16(26-13-15)28(24,25)22-10-4-2-3-5-11-22/h12-13H,2-11H2,1H3. The molecule has 0 unspecified atom stereocenters. The third kappa shape index (κ3) is 3.90. The molecule has 2 fully saturated rings. The van der Waals surface area contributed by atoms with E-state index in [0.717, 1.165) is 62.9 Å². The highest BCUT2D eigenvalue weighted by atomic mass is 32.2. The average molecular weight is 440 g/mol. The van der Waals surface area contributed by atoms with Crippen LogP contribution in [0.25, 0.3) is 10.6 Å². The molecule has 2 saturated heterocycles. The zero-order valence-electron chi connectivity index (χ0n) is 16.0. The molecule has 4 heterocycles. The second-order valence-corrected chi connectivity index (χ2v) is 11.5. The van der Waals surface area contributed by atoms with E-state index < -0.39 is 10.0 Å². The van der Waals surface area contributed by atoms with Gasteiger partial charge in [-0.1, -0.05) is 12.8 Å². The van der Waals surface area contributed by atoms with E-state index in [4.69, 9.17) is 0 Å². The number of aromatic nitrogens is 1. The van der Waals surface area contributed by atoms with E-state index in [0.29, 0.717) is 27.2 Å². The Bertz CT molecular complexity index is 950. The summed E-state index contributed by atoms with van der Waals surface area (Å²) in [5.41, 5.74) is 1.51. The van der Waals surface area contributed by atoms with E-state index in [1.807, 2.05) is 17.2 Å². The lowest BCUT2D eigenvalue weighted by Crippen LogP contribution is -2.31. The van der Waals surface area contributed by atoms with Gasteiger partial charge in [-0.05, 0) is 38.7 Å². The molecule has 2 aromatic heterocycles. The van der Waals surface area contributed by atoms with E-state index >= 15 is 0 Å². The number of aryl methyl sites for hydroxylation is 1. The SMILES string of the molecule is Cc1nc(-c2csc(S(=O)(=O)N3CCCCCC3)c2)sc1C(=O)N1CCCC1. The van der Waals surface area contributed by atoms with Crippen molar-refractivity contribution in [2.24, 2.45) is 0 Å². The maximum absolute atomic E-state index is 13.0. The number of hydrogen-bond donors (Lipinski definition) is 0. The van der Waals surface area contributed by atoms with Gasteiger partial charge in [-0.3, -0.25) is 4.79 Å². The smallest absolute Gasteiger partial charge is 0.265 e. The molecule has 6 nitrogen and oxygen atoms in total. The molecule has 0 radical (unpaired) electrons. The Hall–Kier alpha value is -1.29. The molecule has 2 aliphatic rings. The van der Waals surface area contributed by atoms with Gasteiger partial charge in [0, 0.05) is 37.1 Å². The summed E-state index contributed by atoms with van der Waals surface area (Å²) in [6, 6.07) is 1.72. The molecule has 0 bridgehead atoms. The third-order valence-corrected chi connectivity index (χ3v) is 9.87. The summed E-state index contributed by atoms with van der Waals surface area (Å²) in [6.45, 7) is 4.66. The van der Waals surface area contributed by atoms with Crippen LogP contribution in [-0.4, -0.2) is 54.7 Å². The quantitative estimate of drug-likeness (QED) is 0.722. The summed E-state index contributed by atoms with van der Waals surface area (Å²) in [6.07, 6.45) is 6.13. The Labute approximate surface area is 174 Å². The Kier molecular flexibility index (Phi) is 5.87. The molecule has 0 aromatic carbocycles. The highest BCUT2D eigenvalue weighted by molar-refractivity contribution is 7.91. The summed E-state index contributed by atoms with van der Waals surface area (Å²) in [4.78, 5) is 19.8. The van der Waals surface area contributed by atoms with Crippen LogP contribution in [0.15, 0.2) is 15.7 Å². The minimum Gasteiger partial charge on any atom is -0.338 e. The maximum Gasteiger partial charge on any atom is 0.265 e. The first-order chi connectivity index (χ1) is 13.5. The van der Waals surface area contributed by atoms with E-state index in [1.54, 1.807) is 10.4 Å². The van der Waals surface area contributed by atoms with Gasteiger partial charge in [0.15, 0.2) is 0 Å². The number of thiophene rings is 1. The Morgan fingerprint density at radius 2 is 1.68 bits per heavy atom. The van der Waals surface area contributed by atoms with Crippen LogP contribution in [0.3, 0.4) is 0 Å². The number of nitrogens with zero attached hydrogens (tertiary/aromatic N) is 3. The van der Waals surface area contributed by atoms with Crippen molar-refractivity contribution in [1.82, 2.24) is 14.2 Å². The second kappa shape index (κ2) is 8.22. The largest absolute Gasteiger partial charge is 0.338 e. The van der Waals surface area contributed by atoms with Crippen LogP contribution < -0.4 is 0 Å². The lowest BCUT2D eigenvalue weighted by molar-refractivity contribution is 0.0796. The third-order valence-electron chi connectivity index (χ3n) is 5.37. The average Bonchev–Trinajstić information content (AvgIpc) is 3.39. The lowest BCUT2D eigenvalue weighted by Gasteiger charge is -2.18. The zero-order valence-corrected chi connectivity index (χ0v) is 18.5. The van der Waals surface area contributed by atoms with E-state index in [-0.39, 0.29) is 5.91 Å². The fourth-order valence-corrected chi connectivity index (χ4v) is 7.69. The number of carbonyl (C=O) groups is 1. The van der Waals surface area contributed by atoms with Crippen LogP contribution in [0.5, 0.6) is 0 Å². The van der Waals surface area contributed by atoms with Crippen LogP contribution in [0.2, 0.25) is 0 Å².